The van der Waals surface area contributed by atoms with Gasteiger partial charge in [-0.25, -0.2) is 0 Å². The number of carbonyl (C=O) groups excluding carboxylic acids is 1. The van der Waals surface area contributed by atoms with Crippen molar-refractivity contribution in [3.8, 4) is 0 Å². The molecule has 3 rings (SSSR count). The highest BCUT2D eigenvalue weighted by Gasteiger charge is 2.42. The van der Waals surface area contributed by atoms with Crippen molar-refractivity contribution in [3.05, 3.63) is 0 Å². The second kappa shape index (κ2) is 6.25. The monoisotopic (exact) mass is 297 g/mol. The lowest BCUT2D eigenvalue weighted by Crippen LogP contribution is -2.39. The van der Waals surface area contributed by atoms with Crippen LogP contribution in [-0.2, 0) is 4.79 Å². The van der Waals surface area contributed by atoms with Crippen LogP contribution in [0.3, 0.4) is 0 Å². The van der Waals surface area contributed by atoms with Crippen molar-refractivity contribution < 1.29 is 4.79 Å². The van der Waals surface area contributed by atoms with Gasteiger partial charge in [-0.15, -0.1) is 11.6 Å². The minimum Gasteiger partial charge on any atom is -0.355 e. The third-order valence-electron chi connectivity index (χ3n) is 6.13. The smallest absolute Gasteiger partial charge is 0.223 e. The van der Waals surface area contributed by atoms with Gasteiger partial charge in [-0.1, -0.05) is 25.7 Å². The number of alkyl halides is 1. The van der Waals surface area contributed by atoms with E-state index < -0.39 is 0 Å². The standard InChI is InChI=1S/C17H28ClNO/c18-10-9-17(7-8-17)12-19-16(20)15-6-5-13-3-1-2-4-14(13)11-15/h13-15H,1-12H2,(H,19,20). The van der Waals surface area contributed by atoms with Crippen LogP contribution in [0.1, 0.15) is 64.2 Å². The summed E-state index contributed by atoms with van der Waals surface area (Å²) >= 11 is 5.85. The third kappa shape index (κ3) is 3.32. The molecule has 3 saturated carbocycles. The van der Waals surface area contributed by atoms with Crippen LogP contribution >= 0.6 is 11.6 Å². The molecular weight excluding hydrogens is 270 g/mol. The molecule has 3 heteroatoms. The minimum absolute atomic E-state index is 0.293. The molecule has 0 aromatic heterocycles. The van der Waals surface area contributed by atoms with Gasteiger partial charge in [0.2, 0.25) is 5.91 Å². The summed E-state index contributed by atoms with van der Waals surface area (Å²) in [6.07, 6.45) is 12.7. The van der Waals surface area contributed by atoms with Crippen molar-refractivity contribution in [3.63, 3.8) is 0 Å². The van der Waals surface area contributed by atoms with E-state index in [2.05, 4.69) is 5.32 Å². The molecule has 3 atom stereocenters. The van der Waals surface area contributed by atoms with Gasteiger partial charge >= 0.3 is 0 Å². The van der Waals surface area contributed by atoms with Crippen LogP contribution in [0, 0.1) is 23.2 Å². The first-order chi connectivity index (χ1) is 9.72. The van der Waals surface area contributed by atoms with Crippen LogP contribution in [0.2, 0.25) is 0 Å². The number of fused-ring (bicyclic) bond motifs is 1. The molecule has 2 nitrogen and oxygen atoms in total. The van der Waals surface area contributed by atoms with Crippen molar-refractivity contribution >= 4 is 17.5 Å². The van der Waals surface area contributed by atoms with Gasteiger partial charge < -0.3 is 5.32 Å². The van der Waals surface area contributed by atoms with Crippen LogP contribution < -0.4 is 5.32 Å². The Morgan fingerprint density at radius 3 is 2.55 bits per heavy atom. The Labute approximate surface area is 128 Å². The summed E-state index contributed by atoms with van der Waals surface area (Å²) in [7, 11) is 0. The minimum atomic E-state index is 0.293. The van der Waals surface area contributed by atoms with E-state index in [1.165, 1.54) is 44.9 Å². The second-order valence-corrected chi connectivity index (χ2v) is 7.85. The molecule has 0 radical (unpaired) electrons. The average molecular weight is 298 g/mol. The topological polar surface area (TPSA) is 29.1 Å². The highest BCUT2D eigenvalue weighted by Crippen LogP contribution is 2.48. The van der Waals surface area contributed by atoms with Crippen LogP contribution in [0.4, 0.5) is 0 Å². The molecule has 0 aromatic carbocycles. The number of hydrogen-bond acceptors (Lipinski definition) is 1. The fraction of sp³-hybridized carbons (Fsp3) is 0.941. The predicted octanol–water partition coefficient (Wildman–Crippen LogP) is 4.12. The molecule has 3 aliphatic rings. The Balaban J connectivity index is 1.46. The van der Waals surface area contributed by atoms with Gasteiger partial charge in [0.25, 0.3) is 0 Å². The number of hydrogen-bond donors (Lipinski definition) is 1. The summed E-state index contributed by atoms with van der Waals surface area (Å²) in [5.41, 5.74) is 0.361. The first kappa shape index (κ1) is 14.7. The lowest BCUT2D eigenvalue weighted by Gasteiger charge is -2.38. The molecule has 114 valence electrons. The summed E-state index contributed by atoms with van der Waals surface area (Å²) in [5, 5.41) is 3.24. The Morgan fingerprint density at radius 1 is 1.10 bits per heavy atom. The maximum atomic E-state index is 12.4. The van der Waals surface area contributed by atoms with Gasteiger partial charge in [-0.3, -0.25) is 4.79 Å². The zero-order chi connectivity index (χ0) is 14.0. The molecular formula is C17H28ClNO. The van der Waals surface area contributed by atoms with E-state index in [4.69, 9.17) is 11.6 Å². The van der Waals surface area contributed by atoms with Crippen molar-refractivity contribution in [2.24, 2.45) is 23.2 Å². The summed E-state index contributed by atoms with van der Waals surface area (Å²) < 4.78 is 0. The van der Waals surface area contributed by atoms with Crippen LogP contribution in [0.25, 0.3) is 0 Å². The van der Waals surface area contributed by atoms with Gasteiger partial charge in [0.05, 0.1) is 0 Å². The molecule has 3 aliphatic carbocycles. The molecule has 3 fully saturated rings. The summed E-state index contributed by atoms with van der Waals surface area (Å²) in [4.78, 5) is 12.4. The maximum Gasteiger partial charge on any atom is 0.223 e. The van der Waals surface area contributed by atoms with E-state index in [1.54, 1.807) is 0 Å². The van der Waals surface area contributed by atoms with Gasteiger partial charge in [-0.2, -0.15) is 0 Å². The average Bonchev–Trinajstić information content (AvgIpc) is 3.25. The fourth-order valence-corrected chi connectivity index (χ4v) is 4.82. The van der Waals surface area contributed by atoms with Crippen LogP contribution in [0.15, 0.2) is 0 Å². The predicted molar refractivity (Wildman–Crippen MR) is 82.8 cm³/mol. The Kier molecular flexibility index (Phi) is 4.59. The van der Waals surface area contributed by atoms with Crippen molar-refractivity contribution in [2.75, 3.05) is 12.4 Å². The lowest BCUT2D eigenvalue weighted by atomic mass is 9.67. The SMILES string of the molecule is O=C(NCC1(CCCl)CC1)C1CCC2CCCCC2C1. The van der Waals surface area contributed by atoms with E-state index in [9.17, 15) is 4.79 Å². The van der Waals surface area contributed by atoms with Gasteiger partial charge in [-0.05, 0) is 55.8 Å². The highest BCUT2D eigenvalue weighted by atomic mass is 35.5. The maximum absolute atomic E-state index is 12.4. The number of amides is 1. The van der Waals surface area contributed by atoms with Crippen LogP contribution in [-0.4, -0.2) is 18.3 Å². The zero-order valence-electron chi connectivity index (χ0n) is 12.5. The number of halogens is 1. The Bertz CT molecular complexity index is 353. The molecule has 0 spiro atoms. The Hall–Kier alpha value is -0.240. The molecule has 0 aromatic rings. The molecule has 0 aliphatic heterocycles. The first-order valence-electron chi connectivity index (χ1n) is 8.56. The Morgan fingerprint density at radius 2 is 1.85 bits per heavy atom. The molecule has 0 saturated heterocycles. The summed E-state index contributed by atoms with van der Waals surface area (Å²) in [6.45, 7) is 0.864. The summed E-state index contributed by atoms with van der Waals surface area (Å²) in [6, 6.07) is 0. The normalized spacial score (nSPS) is 35.1. The summed E-state index contributed by atoms with van der Waals surface area (Å²) in [5.74, 6) is 3.11. The van der Waals surface area contributed by atoms with E-state index in [1.807, 2.05) is 0 Å². The van der Waals surface area contributed by atoms with Gasteiger partial charge in [0, 0.05) is 18.3 Å². The molecule has 1 amide bonds. The van der Waals surface area contributed by atoms with E-state index in [0.717, 1.165) is 43.5 Å². The zero-order valence-corrected chi connectivity index (χ0v) is 13.3. The van der Waals surface area contributed by atoms with Crippen molar-refractivity contribution in [1.82, 2.24) is 5.32 Å². The lowest BCUT2D eigenvalue weighted by molar-refractivity contribution is -0.127. The van der Waals surface area contributed by atoms with Crippen LogP contribution in [0.5, 0.6) is 0 Å². The van der Waals surface area contributed by atoms with Gasteiger partial charge in [0.1, 0.15) is 0 Å². The molecule has 1 N–H and O–H groups in total. The van der Waals surface area contributed by atoms with E-state index in [0.29, 0.717) is 17.2 Å². The number of carbonyl (C=O) groups is 1. The molecule has 20 heavy (non-hydrogen) atoms. The first-order valence-corrected chi connectivity index (χ1v) is 9.10. The fourth-order valence-electron chi connectivity index (χ4n) is 4.42. The third-order valence-corrected chi connectivity index (χ3v) is 6.32. The molecule has 3 unspecified atom stereocenters. The van der Waals surface area contributed by atoms with Crippen molar-refractivity contribution in [1.29, 1.82) is 0 Å². The number of rotatable bonds is 5. The number of nitrogens with one attached hydrogen (secondary N) is 1. The van der Waals surface area contributed by atoms with Crippen molar-refractivity contribution in [2.45, 2.75) is 64.2 Å². The quantitative estimate of drug-likeness (QED) is 0.760. The second-order valence-electron chi connectivity index (χ2n) is 7.47. The largest absolute Gasteiger partial charge is 0.355 e. The van der Waals surface area contributed by atoms with E-state index in [-0.39, 0.29) is 0 Å². The molecule has 0 bridgehead atoms. The molecule has 0 heterocycles. The van der Waals surface area contributed by atoms with Gasteiger partial charge in [0.15, 0.2) is 0 Å². The highest BCUT2D eigenvalue weighted by molar-refractivity contribution is 6.17. The van der Waals surface area contributed by atoms with E-state index >= 15 is 0 Å².